The van der Waals surface area contributed by atoms with Crippen LogP contribution in [0.1, 0.15) is 48.8 Å². The van der Waals surface area contributed by atoms with Crippen LogP contribution in [0.3, 0.4) is 0 Å². The molecule has 11 nitrogen and oxygen atoms in total. The number of imidazole rings is 1. The summed E-state index contributed by atoms with van der Waals surface area (Å²) >= 11 is 0. The predicted octanol–water partition coefficient (Wildman–Crippen LogP) is 3.11. The number of nitrogens with one attached hydrogen (secondary N) is 5. The van der Waals surface area contributed by atoms with Gasteiger partial charge in [0.25, 0.3) is 11.8 Å². The smallest absolute Gasteiger partial charge is 0.287 e. The molecule has 2 aromatic heterocycles. The number of carbonyl (C=O) groups is 2. The fourth-order valence-corrected chi connectivity index (χ4v) is 5.40. The highest BCUT2D eigenvalue weighted by Gasteiger charge is 2.35. The van der Waals surface area contributed by atoms with E-state index in [1.165, 1.54) is 12.3 Å². The van der Waals surface area contributed by atoms with Crippen molar-refractivity contribution in [3.8, 4) is 0 Å². The van der Waals surface area contributed by atoms with Crippen LogP contribution in [0.2, 0.25) is 0 Å². The molecule has 1 fully saturated rings. The van der Waals surface area contributed by atoms with Gasteiger partial charge in [0.15, 0.2) is 5.65 Å². The number of hydrogen-bond donors (Lipinski definition) is 6. The number of pyridine rings is 1. The molecule has 3 aromatic rings. The molecule has 2 aliphatic heterocycles. The van der Waals surface area contributed by atoms with E-state index >= 15 is 0 Å². The van der Waals surface area contributed by atoms with Crippen molar-refractivity contribution in [3.63, 3.8) is 0 Å². The number of aryl methyl sites for hydroxylation is 1. The van der Waals surface area contributed by atoms with Crippen molar-refractivity contribution >= 4 is 45.8 Å². The number of aromatic nitrogens is 2. The number of benzene rings is 1. The number of nitrogens with zero attached hydrogens (tertiary/aromatic N) is 3. The molecule has 0 unspecified atom stereocenters. The number of rotatable bonds is 10. The van der Waals surface area contributed by atoms with Crippen LogP contribution in [-0.4, -0.2) is 81.5 Å². The minimum Gasteiger partial charge on any atom is -0.392 e. The van der Waals surface area contributed by atoms with Gasteiger partial charge < -0.3 is 31.8 Å². The van der Waals surface area contributed by atoms with Gasteiger partial charge in [0, 0.05) is 49.1 Å². The zero-order chi connectivity index (χ0) is 31.6. The van der Waals surface area contributed by atoms with E-state index in [9.17, 15) is 23.5 Å². The Labute approximate surface area is 253 Å². The number of β-amino-alcohol motifs (C(OH)–C–C–N with tert-alkyl or cyclic N) is 1. The van der Waals surface area contributed by atoms with Gasteiger partial charge in [-0.05, 0) is 61.7 Å². The Bertz CT molecular complexity index is 1660. The maximum absolute atomic E-state index is 14.4. The molecule has 4 heterocycles. The van der Waals surface area contributed by atoms with Crippen molar-refractivity contribution in [2.45, 2.75) is 57.7 Å². The van der Waals surface area contributed by atoms with Crippen molar-refractivity contribution in [1.82, 2.24) is 25.3 Å². The molecular weight excluding hydrogens is 570 g/mol. The molecule has 44 heavy (non-hydrogen) atoms. The van der Waals surface area contributed by atoms with E-state index in [2.05, 4.69) is 31.2 Å². The highest BCUT2D eigenvalue weighted by atomic mass is 19.3. The second kappa shape index (κ2) is 12.6. The summed E-state index contributed by atoms with van der Waals surface area (Å²) in [4.78, 5) is 33.9. The summed E-state index contributed by atoms with van der Waals surface area (Å²) in [7, 11) is 0. The molecule has 0 aliphatic carbocycles. The number of carbonyl (C=O) groups excluding carboxylic acids is 2. The normalized spacial score (nSPS) is 19.4. The van der Waals surface area contributed by atoms with E-state index in [-0.39, 0.29) is 47.9 Å². The Kier molecular flexibility index (Phi) is 8.88. The van der Waals surface area contributed by atoms with Crippen LogP contribution in [-0.2, 0) is 11.2 Å². The summed E-state index contributed by atoms with van der Waals surface area (Å²) in [6.45, 7) is 5.08. The first-order valence-corrected chi connectivity index (χ1v) is 14.5. The third-order valence-electron chi connectivity index (χ3n) is 7.60. The fraction of sp³-hybridized carbons (Fsp3) is 0.387. The van der Waals surface area contributed by atoms with Gasteiger partial charge in [-0.25, -0.2) is 4.98 Å². The summed E-state index contributed by atoms with van der Waals surface area (Å²) in [6.07, 6.45) is 5.04. The summed E-state index contributed by atoms with van der Waals surface area (Å²) in [5, 5.41) is 29.6. The number of aliphatic hydroxyl groups is 1. The maximum atomic E-state index is 14.4. The zero-order valence-electron chi connectivity index (χ0n) is 24.7. The van der Waals surface area contributed by atoms with E-state index in [4.69, 9.17) is 5.41 Å². The van der Waals surface area contributed by atoms with E-state index < -0.39 is 18.1 Å². The van der Waals surface area contributed by atoms with Crippen LogP contribution < -0.4 is 21.3 Å². The lowest BCUT2D eigenvalue weighted by atomic mass is 9.98. The topological polar surface area (TPSA) is 156 Å². The minimum absolute atomic E-state index is 0.0982. The summed E-state index contributed by atoms with van der Waals surface area (Å²) in [6, 6.07) is 8.20. The Hall–Kier alpha value is -4.49. The molecule has 1 saturated heterocycles. The lowest BCUT2D eigenvalue weighted by molar-refractivity contribution is -0.123. The third kappa shape index (κ3) is 6.68. The first kappa shape index (κ1) is 31.0. The summed E-state index contributed by atoms with van der Waals surface area (Å²) in [5.74, 6) is -3.65. The molecule has 1 aromatic carbocycles. The standard InChI is InChI=1S/C31H36F2N8O3/c1-4-18-10-20(7-8-22(18)29(43)39-17(2)13-38-30(44)25-12-21(42)15-35-25)40-24-6-5-9-41-26(16-37-28(24)41)23-11-19(34)14-36-27(23)31(3,32)33/h5-11,16-17,21,25,34-35,40,42H,4,12-15H2,1-3H3,(H,38,44)(H,39,43)/t17-,21-,25+/m1/s1. The highest BCUT2D eigenvalue weighted by molar-refractivity contribution is 6.32. The number of aliphatic imine (C=N–C) groups is 1. The molecule has 0 radical (unpaired) electrons. The SMILES string of the molecule is CCc1cc(Nc2cccn3c(C4=CC(=N)CN=C4C(C)(F)F)cnc23)ccc1C(=O)N[C@H](C)CNC(=O)[C@@H]1C[C@@H](O)CN1. The van der Waals surface area contributed by atoms with Crippen molar-refractivity contribution in [1.29, 1.82) is 5.41 Å². The lowest BCUT2D eigenvalue weighted by Crippen LogP contribution is -2.46. The Morgan fingerprint density at radius 3 is 2.80 bits per heavy atom. The van der Waals surface area contributed by atoms with Crippen LogP contribution in [0.15, 0.2) is 53.8 Å². The molecule has 3 atom stereocenters. The molecule has 5 rings (SSSR count). The first-order chi connectivity index (χ1) is 20.9. The number of amides is 2. The molecule has 0 spiro atoms. The first-order valence-electron chi connectivity index (χ1n) is 14.5. The van der Waals surface area contributed by atoms with Gasteiger partial charge in [-0.1, -0.05) is 6.92 Å². The number of fused-ring (bicyclic) bond motifs is 1. The molecule has 2 amide bonds. The summed E-state index contributed by atoms with van der Waals surface area (Å²) < 4.78 is 30.4. The van der Waals surface area contributed by atoms with Gasteiger partial charge in [0.05, 0.1) is 42.0 Å². The monoisotopic (exact) mass is 606 g/mol. The van der Waals surface area contributed by atoms with Crippen molar-refractivity contribution in [2.24, 2.45) is 4.99 Å². The minimum atomic E-state index is -3.18. The average Bonchev–Trinajstić information content (AvgIpc) is 3.62. The summed E-state index contributed by atoms with van der Waals surface area (Å²) in [5.41, 5.74) is 3.47. The molecule has 0 saturated carbocycles. The zero-order valence-corrected chi connectivity index (χ0v) is 24.7. The van der Waals surface area contributed by atoms with Crippen LogP contribution >= 0.6 is 0 Å². The molecule has 0 bridgehead atoms. The lowest BCUT2D eigenvalue weighted by Gasteiger charge is -2.20. The molecule has 6 N–H and O–H groups in total. The molecule has 13 heteroatoms. The Morgan fingerprint density at radius 2 is 2.09 bits per heavy atom. The largest absolute Gasteiger partial charge is 0.392 e. The van der Waals surface area contributed by atoms with E-state index in [0.717, 1.165) is 12.5 Å². The van der Waals surface area contributed by atoms with Crippen LogP contribution in [0.5, 0.6) is 0 Å². The third-order valence-corrected chi connectivity index (χ3v) is 7.60. The van der Waals surface area contributed by atoms with Gasteiger partial charge in [0.2, 0.25) is 5.91 Å². The number of allylic oxidation sites excluding steroid dienone is 1. The predicted molar refractivity (Wildman–Crippen MR) is 165 cm³/mol. The Balaban J connectivity index is 1.29. The van der Waals surface area contributed by atoms with Gasteiger partial charge in [-0.3, -0.25) is 19.0 Å². The van der Waals surface area contributed by atoms with Crippen molar-refractivity contribution in [2.75, 3.05) is 25.0 Å². The number of hydrogen-bond acceptors (Lipinski definition) is 8. The fourth-order valence-electron chi connectivity index (χ4n) is 5.40. The molecule has 2 aliphatic rings. The van der Waals surface area contributed by atoms with E-state index in [1.54, 1.807) is 35.7 Å². The average molecular weight is 607 g/mol. The quantitative estimate of drug-likeness (QED) is 0.208. The van der Waals surface area contributed by atoms with Gasteiger partial charge in [-0.15, -0.1) is 0 Å². The van der Waals surface area contributed by atoms with Gasteiger partial charge in [-0.2, -0.15) is 8.78 Å². The second-order valence-electron chi connectivity index (χ2n) is 11.2. The molecular formula is C31H36F2N8O3. The van der Waals surface area contributed by atoms with E-state index in [0.29, 0.717) is 47.7 Å². The van der Waals surface area contributed by atoms with Crippen LogP contribution in [0.25, 0.3) is 11.2 Å². The van der Waals surface area contributed by atoms with Crippen molar-refractivity contribution in [3.05, 3.63) is 65.6 Å². The van der Waals surface area contributed by atoms with Gasteiger partial charge in [0.1, 0.15) is 5.71 Å². The number of aliphatic hydroxyl groups excluding tert-OH is 1. The van der Waals surface area contributed by atoms with Crippen molar-refractivity contribution < 1.29 is 23.5 Å². The number of dihydropyridines is 1. The Morgan fingerprint density at radius 1 is 1.30 bits per heavy atom. The van der Waals surface area contributed by atoms with Gasteiger partial charge >= 0.3 is 0 Å². The number of halogens is 2. The number of anilines is 2. The number of alkyl halides is 2. The highest BCUT2D eigenvalue weighted by Crippen LogP contribution is 2.31. The maximum Gasteiger partial charge on any atom is 0.287 e. The van der Waals surface area contributed by atoms with Crippen LogP contribution in [0.4, 0.5) is 20.2 Å². The molecule has 232 valence electrons. The van der Waals surface area contributed by atoms with Crippen LogP contribution in [0, 0.1) is 5.41 Å². The second-order valence-corrected chi connectivity index (χ2v) is 11.2. The van der Waals surface area contributed by atoms with E-state index in [1.807, 2.05) is 19.1 Å².